The van der Waals surface area contributed by atoms with Crippen molar-refractivity contribution in [1.29, 1.82) is 0 Å². The third-order valence-electron chi connectivity index (χ3n) is 6.21. The minimum Gasteiger partial charge on any atom is -0.372 e. The van der Waals surface area contributed by atoms with Crippen molar-refractivity contribution in [2.24, 2.45) is 4.99 Å². The molecule has 0 bridgehead atoms. The summed E-state index contributed by atoms with van der Waals surface area (Å²) in [4.78, 5) is 16.0. The Morgan fingerprint density at radius 3 is 2.58 bits per heavy atom. The van der Waals surface area contributed by atoms with Crippen LogP contribution in [0.3, 0.4) is 0 Å². The molecule has 1 aliphatic rings. The molecule has 0 saturated heterocycles. The number of fused-ring (bicyclic) bond motifs is 1. The van der Waals surface area contributed by atoms with Crippen molar-refractivity contribution in [3.63, 3.8) is 0 Å². The van der Waals surface area contributed by atoms with Gasteiger partial charge in [0, 0.05) is 47.6 Å². The number of aryl methyl sites for hydroxylation is 1. The van der Waals surface area contributed by atoms with Crippen molar-refractivity contribution in [1.82, 2.24) is 14.8 Å². The van der Waals surface area contributed by atoms with Crippen LogP contribution in [0.4, 0.5) is 11.4 Å². The van der Waals surface area contributed by atoms with Crippen LogP contribution in [-0.4, -0.2) is 44.7 Å². The molecule has 4 rings (SSSR count). The van der Waals surface area contributed by atoms with E-state index in [0.717, 1.165) is 59.6 Å². The molecule has 0 amide bonds. The number of rotatable bonds is 10. The van der Waals surface area contributed by atoms with Crippen LogP contribution in [0.2, 0.25) is 0 Å². The first-order chi connectivity index (χ1) is 18.3. The number of hydrogen-bond acceptors (Lipinski definition) is 8. The minimum atomic E-state index is -0.251. The summed E-state index contributed by atoms with van der Waals surface area (Å²) in [5.74, 6) is 2.53. The molecule has 0 radical (unpaired) electrons. The van der Waals surface area contributed by atoms with Gasteiger partial charge in [0.2, 0.25) is 5.70 Å². The van der Waals surface area contributed by atoms with Crippen molar-refractivity contribution >= 4 is 34.8 Å². The van der Waals surface area contributed by atoms with E-state index in [0.29, 0.717) is 28.9 Å². The number of aliphatic imine (C=N–C) groups is 1. The normalized spacial score (nSPS) is 14.2. The Morgan fingerprint density at radius 1 is 1.18 bits per heavy atom. The Bertz CT molecular complexity index is 1390. The summed E-state index contributed by atoms with van der Waals surface area (Å²) >= 11 is 1.06. The van der Waals surface area contributed by atoms with Gasteiger partial charge < -0.3 is 4.90 Å². The predicted molar refractivity (Wildman–Crippen MR) is 151 cm³/mol. The van der Waals surface area contributed by atoms with Crippen LogP contribution in [0.1, 0.15) is 56.9 Å². The van der Waals surface area contributed by atoms with Gasteiger partial charge in [-0.2, -0.15) is 0 Å². The molecule has 198 valence electrons. The monoisotopic (exact) mass is 532 g/mol. The van der Waals surface area contributed by atoms with Gasteiger partial charge in [0.05, 0.1) is 12.3 Å². The smallest absolute Gasteiger partial charge is 0.242 e. The second kappa shape index (κ2) is 11.9. The summed E-state index contributed by atoms with van der Waals surface area (Å²) in [5.41, 5.74) is 4.72. The number of benzene rings is 2. The number of aromatic nitrogens is 3. The van der Waals surface area contributed by atoms with E-state index in [1.807, 2.05) is 49.4 Å². The van der Waals surface area contributed by atoms with Gasteiger partial charge in [0.15, 0.2) is 17.5 Å². The first-order valence-corrected chi connectivity index (χ1v) is 13.4. The van der Waals surface area contributed by atoms with Gasteiger partial charge >= 0.3 is 0 Å². The van der Waals surface area contributed by atoms with Crippen molar-refractivity contribution in [3.05, 3.63) is 88.4 Å². The van der Waals surface area contributed by atoms with Crippen LogP contribution in [0, 0.1) is 13.5 Å². The molecule has 9 nitrogen and oxygen atoms in total. The second-order valence-corrected chi connectivity index (χ2v) is 10.7. The van der Waals surface area contributed by atoms with E-state index < -0.39 is 0 Å². The lowest BCUT2D eigenvalue weighted by Gasteiger charge is -2.23. The van der Waals surface area contributed by atoms with Crippen molar-refractivity contribution in [2.75, 3.05) is 23.7 Å². The Labute approximate surface area is 227 Å². The Hall–Kier alpha value is -3.49. The van der Waals surface area contributed by atoms with Gasteiger partial charge in [0.1, 0.15) is 0 Å². The van der Waals surface area contributed by atoms with E-state index in [1.54, 1.807) is 4.68 Å². The molecule has 2 heterocycles. The summed E-state index contributed by atoms with van der Waals surface area (Å²) in [5, 5.41) is 16.7. The molecule has 0 aliphatic carbocycles. The molecule has 2 aromatic carbocycles. The third-order valence-corrected chi connectivity index (χ3v) is 6.83. The molecular formula is C28H32N6O3S. The number of allylic oxidation sites excluding steroid dienone is 1. The van der Waals surface area contributed by atoms with Gasteiger partial charge in [-0.05, 0) is 49.6 Å². The fraction of sp³-hybridized carbons (Fsp3) is 0.357. The van der Waals surface area contributed by atoms with Gasteiger partial charge in [-0.15, -0.1) is 9.43 Å². The molecule has 1 aromatic heterocycles. The zero-order chi connectivity index (χ0) is 27.3. The lowest BCUT2D eigenvalue weighted by molar-refractivity contribution is -0.432. The lowest BCUT2D eigenvalue weighted by atomic mass is 9.96. The standard InChI is InChI=1S/C28H32N6O3S/c1-7-33(16-11-17-38-37-36-35)21-14-15-22(19(2)18-21)30-26-24(29-6)23(20-12-9-8-10-13-20)25-31-27(28(3,4)5)32-34(25)26/h8-10,12-15,18,35H,7,11,16-17H2,1-5H3. The summed E-state index contributed by atoms with van der Waals surface area (Å²) in [6, 6.07) is 16.0. The van der Waals surface area contributed by atoms with E-state index in [-0.39, 0.29) is 5.41 Å². The molecule has 1 N–H and O–H groups in total. The SMILES string of the molecule is [C-]#[N+]C1=C(c2ccccc2)c2nc(C(C)(C)C)nn2C1=Nc1ccc(N(CC)CCCSOOO)cc1C. The molecule has 1 aliphatic heterocycles. The molecule has 3 aromatic rings. The fourth-order valence-corrected chi connectivity index (χ4v) is 4.61. The highest BCUT2D eigenvalue weighted by Gasteiger charge is 2.35. The first-order valence-electron chi connectivity index (χ1n) is 12.5. The molecule has 0 unspecified atom stereocenters. The third kappa shape index (κ3) is 5.81. The summed E-state index contributed by atoms with van der Waals surface area (Å²) in [7, 11) is 0. The molecule has 0 fully saturated rings. The molecule has 10 heteroatoms. The van der Waals surface area contributed by atoms with E-state index >= 15 is 0 Å². The molecular weight excluding hydrogens is 500 g/mol. The van der Waals surface area contributed by atoms with Crippen LogP contribution in [0.5, 0.6) is 0 Å². The second-order valence-electron chi connectivity index (χ2n) is 9.93. The maximum absolute atomic E-state index is 8.26. The predicted octanol–water partition coefficient (Wildman–Crippen LogP) is 6.44. The number of anilines is 1. The lowest BCUT2D eigenvalue weighted by Crippen LogP contribution is -2.24. The average Bonchev–Trinajstić information content (AvgIpc) is 3.46. The van der Waals surface area contributed by atoms with Crippen molar-refractivity contribution in [3.8, 4) is 0 Å². The van der Waals surface area contributed by atoms with E-state index in [9.17, 15) is 0 Å². The van der Waals surface area contributed by atoms with Crippen LogP contribution < -0.4 is 4.90 Å². The molecule has 0 saturated carbocycles. The average molecular weight is 533 g/mol. The van der Waals surface area contributed by atoms with Crippen LogP contribution in [0.25, 0.3) is 10.4 Å². The van der Waals surface area contributed by atoms with E-state index in [2.05, 4.69) is 52.9 Å². The number of hydrogen-bond donors (Lipinski definition) is 1. The Balaban J connectivity index is 1.72. The molecule has 0 atom stereocenters. The van der Waals surface area contributed by atoms with Crippen molar-refractivity contribution in [2.45, 2.75) is 46.5 Å². The largest absolute Gasteiger partial charge is 0.372 e. The quantitative estimate of drug-likeness (QED) is 0.106. The van der Waals surface area contributed by atoms with Crippen LogP contribution >= 0.6 is 12.0 Å². The summed E-state index contributed by atoms with van der Waals surface area (Å²) < 4.78 is 6.17. The molecule has 0 spiro atoms. The Morgan fingerprint density at radius 2 is 1.95 bits per heavy atom. The topological polar surface area (TPSA) is 89.4 Å². The van der Waals surface area contributed by atoms with Crippen LogP contribution in [0.15, 0.2) is 59.2 Å². The fourth-order valence-electron chi connectivity index (χ4n) is 4.25. The maximum atomic E-state index is 8.26. The Kier molecular flexibility index (Phi) is 8.64. The van der Waals surface area contributed by atoms with E-state index in [4.69, 9.17) is 26.9 Å². The minimum absolute atomic E-state index is 0.251. The van der Waals surface area contributed by atoms with Gasteiger partial charge in [-0.1, -0.05) is 56.1 Å². The molecule has 38 heavy (non-hydrogen) atoms. The summed E-state index contributed by atoms with van der Waals surface area (Å²) in [6.45, 7) is 20.1. The highest BCUT2D eigenvalue weighted by Crippen LogP contribution is 2.36. The zero-order valence-electron chi connectivity index (χ0n) is 22.3. The van der Waals surface area contributed by atoms with E-state index in [1.165, 1.54) is 0 Å². The van der Waals surface area contributed by atoms with Crippen LogP contribution in [-0.2, 0) is 14.8 Å². The summed E-state index contributed by atoms with van der Waals surface area (Å²) in [6.07, 6.45) is 0.859. The highest BCUT2D eigenvalue weighted by molar-refractivity contribution is 7.94. The van der Waals surface area contributed by atoms with Gasteiger partial charge in [0.25, 0.3) is 0 Å². The van der Waals surface area contributed by atoms with Crippen molar-refractivity contribution < 1.29 is 14.6 Å². The van der Waals surface area contributed by atoms with Gasteiger partial charge in [-0.3, -0.25) is 0 Å². The first kappa shape index (κ1) is 27.5. The van der Waals surface area contributed by atoms with Gasteiger partial charge in [-0.25, -0.2) is 24.8 Å². The number of nitrogens with zero attached hydrogens (tertiary/aromatic N) is 6. The highest BCUT2D eigenvalue weighted by atomic mass is 32.2. The zero-order valence-corrected chi connectivity index (χ0v) is 23.1. The maximum Gasteiger partial charge on any atom is 0.242 e.